The molecule has 0 aliphatic rings. The van der Waals surface area contributed by atoms with Crippen LogP contribution >= 0.6 is 0 Å². The van der Waals surface area contributed by atoms with Gasteiger partial charge < -0.3 is 25.4 Å². The number of fused-ring (bicyclic) bond motifs is 1. The molecule has 3 N–H and O–H groups in total. The van der Waals surface area contributed by atoms with E-state index in [4.69, 9.17) is 4.74 Å². The Labute approximate surface area is 236 Å². The molecule has 0 saturated carbocycles. The third-order valence-electron chi connectivity index (χ3n) is 6.46. The maximum absolute atomic E-state index is 14.0. The minimum Gasteiger partial charge on any atom is -0.507 e. The number of carbonyl (C=O) groups is 3. The predicted molar refractivity (Wildman–Crippen MR) is 158 cm³/mol. The van der Waals surface area contributed by atoms with Crippen LogP contribution in [0.5, 0.6) is 5.75 Å². The summed E-state index contributed by atoms with van der Waals surface area (Å²) in [6.07, 6.45) is -0.369. The summed E-state index contributed by atoms with van der Waals surface area (Å²) in [4.78, 5) is 42.1. The fourth-order valence-electron chi connectivity index (χ4n) is 4.64. The number of para-hydroxylation sites is 1. The van der Waals surface area contributed by atoms with E-state index in [2.05, 4.69) is 10.6 Å². The smallest absolute Gasteiger partial charge is 0.408 e. The van der Waals surface area contributed by atoms with Gasteiger partial charge in [0.15, 0.2) is 0 Å². The van der Waals surface area contributed by atoms with Crippen molar-refractivity contribution >= 4 is 34.4 Å². The van der Waals surface area contributed by atoms with E-state index in [0.717, 1.165) is 10.8 Å². The number of hydrogen-bond acceptors (Lipinski definition) is 5. The predicted octanol–water partition coefficient (Wildman–Crippen LogP) is 6.32. The molecule has 0 heterocycles. The van der Waals surface area contributed by atoms with E-state index >= 15 is 0 Å². The maximum Gasteiger partial charge on any atom is 0.408 e. The van der Waals surface area contributed by atoms with Crippen molar-refractivity contribution in [1.29, 1.82) is 0 Å². The number of amides is 3. The van der Waals surface area contributed by atoms with Crippen LogP contribution in [-0.4, -0.2) is 46.1 Å². The highest BCUT2D eigenvalue weighted by molar-refractivity contribution is 6.00. The van der Waals surface area contributed by atoms with Gasteiger partial charge in [0.2, 0.25) is 5.91 Å². The number of ether oxygens (including phenoxy) is 1. The van der Waals surface area contributed by atoms with Gasteiger partial charge in [0.05, 0.1) is 0 Å². The highest BCUT2D eigenvalue weighted by atomic mass is 16.6. The second-order valence-corrected chi connectivity index (χ2v) is 11.4. The monoisotopic (exact) mass is 547 g/mol. The Morgan fingerprint density at radius 3 is 2.27 bits per heavy atom. The van der Waals surface area contributed by atoms with E-state index in [-0.39, 0.29) is 18.2 Å². The highest BCUT2D eigenvalue weighted by Gasteiger charge is 2.37. The van der Waals surface area contributed by atoms with Gasteiger partial charge in [-0.1, -0.05) is 62.4 Å². The molecule has 2 unspecified atom stereocenters. The lowest BCUT2D eigenvalue weighted by atomic mass is 9.97. The van der Waals surface area contributed by atoms with Gasteiger partial charge in [0.1, 0.15) is 23.4 Å². The van der Waals surface area contributed by atoms with Crippen molar-refractivity contribution in [2.45, 2.75) is 72.6 Å². The quantitative estimate of drug-likeness (QED) is 0.290. The number of nitrogens with one attached hydrogen (secondary N) is 2. The molecule has 0 aromatic heterocycles. The second-order valence-electron chi connectivity index (χ2n) is 11.4. The number of benzene rings is 3. The zero-order chi connectivity index (χ0) is 29.6. The first-order valence-electron chi connectivity index (χ1n) is 13.7. The molecule has 214 valence electrons. The van der Waals surface area contributed by atoms with Crippen LogP contribution in [0, 0.1) is 12.8 Å². The fraction of sp³-hybridized carbons (Fsp3) is 0.406. The van der Waals surface area contributed by atoms with Crippen LogP contribution in [0.3, 0.4) is 0 Å². The summed E-state index contributed by atoms with van der Waals surface area (Å²) < 4.78 is 5.41. The standard InChI is InChI=1S/C32H41N3O5/c1-8-35(30(38)26(18-20(2)3)34-31(39)40-32(5,6)7)27(25-15-11-12-21(4)28(25)36)29(37)33-24-17-16-22-13-9-10-14-23(22)19-24/h9-17,19-20,26-27,36H,8,18H2,1-7H3,(H,33,37)(H,34,39). The van der Waals surface area contributed by atoms with E-state index in [0.29, 0.717) is 23.2 Å². The Bertz CT molecular complexity index is 1360. The molecule has 3 aromatic carbocycles. The average molecular weight is 548 g/mol. The number of anilines is 1. The molecule has 3 amide bonds. The first-order valence-corrected chi connectivity index (χ1v) is 13.7. The van der Waals surface area contributed by atoms with Crippen LogP contribution in [-0.2, 0) is 14.3 Å². The van der Waals surface area contributed by atoms with E-state index in [1.807, 2.05) is 50.2 Å². The van der Waals surface area contributed by atoms with Crippen LogP contribution in [0.25, 0.3) is 10.8 Å². The molecule has 3 aromatic rings. The van der Waals surface area contributed by atoms with E-state index in [9.17, 15) is 19.5 Å². The van der Waals surface area contributed by atoms with Crippen molar-refractivity contribution in [3.63, 3.8) is 0 Å². The van der Waals surface area contributed by atoms with E-state index < -0.39 is 35.6 Å². The molecule has 0 bridgehead atoms. The SMILES string of the molecule is CCN(C(=O)C(CC(C)C)NC(=O)OC(C)(C)C)C(C(=O)Nc1ccc2ccccc2c1)c1cccc(C)c1O. The fourth-order valence-corrected chi connectivity index (χ4v) is 4.64. The number of aromatic hydroxyl groups is 1. The second kappa shape index (κ2) is 12.9. The Kier molecular flexibility index (Phi) is 9.79. The van der Waals surface area contributed by atoms with E-state index in [1.165, 1.54) is 4.90 Å². The Balaban J connectivity index is 2.01. The first kappa shape index (κ1) is 30.5. The van der Waals surface area contributed by atoms with Gasteiger partial charge in [-0.3, -0.25) is 9.59 Å². The van der Waals surface area contributed by atoms with Crippen molar-refractivity contribution < 1.29 is 24.2 Å². The number of hydrogen-bond donors (Lipinski definition) is 3. The molecule has 0 aliphatic heterocycles. The molecule has 3 rings (SSSR count). The zero-order valence-corrected chi connectivity index (χ0v) is 24.4. The van der Waals surface area contributed by atoms with Crippen LogP contribution in [0.2, 0.25) is 0 Å². The summed E-state index contributed by atoms with van der Waals surface area (Å²) >= 11 is 0. The summed E-state index contributed by atoms with van der Waals surface area (Å²) in [5, 5.41) is 18.6. The Morgan fingerprint density at radius 1 is 0.975 bits per heavy atom. The van der Waals surface area contributed by atoms with Gasteiger partial charge >= 0.3 is 6.09 Å². The summed E-state index contributed by atoms with van der Waals surface area (Å²) in [6, 6.07) is 16.4. The number of rotatable bonds is 9. The number of nitrogens with zero attached hydrogens (tertiary/aromatic N) is 1. The number of phenolic OH excluding ortho intramolecular Hbond substituents is 1. The molecule has 0 spiro atoms. The van der Waals surface area contributed by atoms with Crippen molar-refractivity contribution in [1.82, 2.24) is 10.2 Å². The molecule has 0 radical (unpaired) electrons. The molecular formula is C32H41N3O5. The molecular weight excluding hydrogens is 506 g/mol. The van der Waals surface area contributed by atoms with Gasteiger partial charge in [-0.15, -0.1) is 0 Å². The Morgan fingerprint density at radius 2 is 1.65 bits per heavy atom. The maximum atomic E-state index is 14.0. The highest BCUT2D eigenvalue weighted by Crippen LogP contribution is 2.33. The minimum atomic E-state index is -1.15. The van der Waals surface area contributed by atoms with Gasteiger partial charge in [-0.2, -0.15) is 0 Å². The summed E-state index contributed by atoms with van der Waals surface area (Å²) in [6.45, 7) is 12.8. The first-order chi connectivity index (χ1) is 18.8. The molecule has 0 saturated heterocycles. The number of likely N-dealkylation sites (N-methyl/N-ethyl adjacent to an activating group) is 1. The topological polar surface area (TPSA) is 108 Å². The normalized spacial score (nSPS) is 13.0. The van der Waals surface area contributed by atoms with E-state index in [1.54, 1.807) is 58.9 Å². The molecule has 8 heteroatoms. The molecule has 0 aliphatic carbocycles. The van der Waals surface area contributed by atoms with Crippen LogP contribution in [0.1, 0.15) is 65.1 Å². The number of alkyl carbamates (subject to hydrolysis) is 1. The number of aryl methyl sites for hydroxylation is 1. The zero-order valence-electron chi connectivity index (χ0n) is 24.4. The van der Waals surface area contributed by atoms with Gasteiger partial charge in [0.25, 0.3) is 5.91 Å². The lowest BCUT2D eigenvalue weighted by molar-refractivity contribution is -0.140. The van der Waals surface area contributed by atoms with Crippen LogP contribution in [0.15, 0.2) is 60.7 Å². The molecule has 40 heavy (non-hydrogen) atoms. The average Bonchev–Trinajstić information content (AvgIpc) is 2.87. The number of carbonyl (C=O) groups excluding carboxylic acids is 3. The minimum absolute atomic E-state index is 0.0621. The molecule has 2 atom stereocenters. The largest absolute Gasteiger partial charge is 0.507 e. The van der Waals surface area contributed by atoms with Crippen molar-refractivity contribution in [2.24, 2.45) is 5.92 Å². The Hall–Kier alpha value is -4.07. The summed E-state index contributed by atoms with van der Waals surface area (Å²) in [5.41, 5.74) is 0.703. The van der Waals surface area contributed by atoms with Crippen LogP contribution < -0.4 is 10.6 Å². The van der Waals surface area contributed by atoms with Gasteiger partial charge in [-0.25, -0.2) is 4.79 Å². The third-order valence-corrected chi connectivity index (χ3v) is 6.46. The molecule has 0 fully saturated rings. The number of phenols is 1. The van der Waals surface area contributed by atoms with Crippen molar-refractivity contribution in [2.75, 3.05) is 11.9 Å². The summed E-state index contributed by atoms with van der Waals surface area (Å²) in [7, 11) is 0. The summed E-state index contributed by atoms with van der Waals surface area (Å²) in [5.74, 6) is -0.915. The van der Waals surface area contributed by atoms with Crippen LogP contribution in [0.4, 0.5) is 10.5 Å². The van der Waals surface area contributed by atoms with Crippen molar-refractivity contribution in [3.05, 3.63) is 71.8 Å². The van der Waals surface area contributed by atoms with Gasteiger partial charge in [0, 0.05) is 17.8 Å². The lowest BCUT2D eigenvalue weighted by Gasteiger charge is -2.34. The lowest BCUT2D eigenvalue weighted by Crippen LogP contribution is -2.52. The van der Waals surface area contributed by atoms with Crippen molar-refractivity contribution in [3.8, 4) is 5.75 Å². The van der Waals surface area contributed by atoms with Gasteiger partial charge in [-0.05, 0) is 75.4 Å². The third kappa shape index (κ3) is 7.74. The molecule has 8 nitrogen and oxygen atoms in total.